The van der Waals surface area contributed by atoms with E-state index in [1.807, 2.05) is 26.0 Å². The molecule has 1 saturated carbocycles. The molecule has 1 fully saturated rings. The summed E-state index contributed by atoms with van der Waals surface area (Å²) in [6.45, 7) is 3.82. The van der Waals surface area contributed by atoms with Crippen LogP contribution in [0, 0.1) is 11.7 Å². The van der Waals surface area contributed by atoms with Gasteiger partial charge in [0.25, 0.3) is 0 Å². The lowest BCUT2D eigenvalue weighted by Crippen LogP contribution is -2.28. The van der Waals surface area contributed by atoms with Gasteiger partial charge in [-0.25, -0.2) is 9.18 Å². The van der Waals surface area contributed by atoms with Crippen LogP contribution in [0.5, 0.6) is 0 Å². The first kappa shape index (κ1) is 16.4. The van der Waals surface area contributed by atoms with Gasteiger partial charge in [-0.2, -0.15) is 0 Å². The van der Waals surface area contributed by atoms with Gasteiger partial charge in [0.1, 0.15) is 11.9 Å². The molecule has 2 atom stereocenters. The molecule has 1 aliphatic carbocycles. The van der Waals surface area contributed by atoms with E-state index in [9.17, 15) is 14.3 Å². The predicted octanol–water partition coefficient (Wildman–Crippen LogP) is 3.97. The second kappa shape index (κ2) is 6.60. The Bertz CT molecular complexity index is 591. The number of fused-ring (bicyclic) bond motifs is 1. The maximum absolute atomic E-state index is 14.9. The highest BCUT2D eigenvalue weighted by Gasteiger charge is 2.32. The van der Waals surface area contributed by atoms with Crippen LogP contribution in [0.1, 0.15) is 73.4 Å². The minimum Gasteiger partial charge on any atom is -0.459 e. The summed E-state index contributed by atoms with van der Waals surface area (Å²) in [5.74, 6) is -0.470. The molecule has 0 bridgehead atoms. The Morgan fingerprint density at radius 2 is 2.00 bits per heavy atom. The van der Waals surface area contributed by atoms with Crippen molar-refractivity contribution in [2.75, 3.05) is 0 Å². The SMILES string of the molecule is CCC(O)C1CCC(c2ccc3c(c2F)C(=O)OC(C)C3)CC1. The number of hydrogen-bond acceptors (Lipinski definition) is 3. The zero-order chi connectivity index (χ0) is 16.6. The number of rotatable bonds is 3. The van der Waals surface area contributed by atoms with Gasteiger partial charge in [-0.15, -0.1) is 0 Å². The first-order valence-corrected chi connectivity index (χ1v) is 8.71. The van der Waals surface area contributed by atoms with Crippen molar-refractivity contribution >= 4 is 5.97 Å². The van der Waals surface area contributed by atoms with Crippen LogP contribution in [-0.4, -0.2) is 23.3 Å². The number of carbonyl (C=O) groups excluding carboxylic acids is 1. The Morgan fingerprint density at radius 3 is 2.65 bits per heavy atom. The minimum atomic E-state index is -0.534. The zero-order valence-electron chi connectivity index (χ0n) is 13.8. The third-order valence-electron chi connectivity index (χ3n) is 5.45. The molecule has 1 aliphatic heterocycles. The van der Waals surface area contributed by atoms with E-state index in [4.69, 9.17) is 4.74 Å². The van der Waals surface area contributed by atoms with Crippen LogP contribution in [0.4, 0.5) is 4.39 Å². The van der Waals surface area contributed by atoms with E-state index in [-0.39, 0.29) is 29.5 Å². The lowest BCUT2D eigenvalue weighted by molar-refractivity contribution is 0.0293. The highest BCUT2D eigenvalue weighted by molar-refractivity contribution is 5.92. The molecule has 0 spiro atoms. The maximum atomic E-state index is 14.9. The summed E-state index contributed by atoms with van der Waals surface area (Å²) < 4.78 is 20.1. The fourth-order valence-corrected chi connectivity index (χ4v) is 4.08. The van der Waals surface area contributed by atoms with Crippen LogP contribution >= 0.6 is 0 Å². The lowest BCUT2D eigenvalue weighted by atomic mass is 9.75. The largest absolute Gasteiger partial charge is 0.459 e. The van der Waals surface area contributed by atoms with Gasteiger partial charge >= 0.3 is 5.97 Å². The van der Waals surface area contributed by atoms with Gasteiger partial charge < -0.3 is 9.84 Å². The lowest BCUT2D eigenvalue weighted by Gasteiger charge is -2.32. The molecule has 1 aromatic carbocycles. The molecule has 126 valence electrons. The Balaban J connectivity index is 1.80. The van der Waals surface area contributed by atoms with Crippen molar-refractivity contribution in [2.45, 2.75) is 70.5 Å². The monoisotopic (exact) mass is 320 g/mol. The normalized spacial score (nSPS) is 28.9. The minimum absolute atomic E-state index is 0.132. The molecule has 4 heteroatoms. The molecule has 0 saturated heterocycles. The van der Waals surface area contributed by atoms with Crippen molar-refractivity contribution in [3.8, 4) is 0 Å². The quantitative estimate of drug-likeness (QED) is 0.857. The Hall–Kier alpha value is -1.42. The first-order chi connectivity index (χ1) is 11.0. The van der Waals surface area contributed by atoms with Crippen molar-refractivity contribution in [3.05, 3.63) is 34.6 Å². The molecule has 0 amide bonds. The van der Waals surface area contributed by atoms with Crippen LogP contribution in [0.25, 0.3) is 0 Å². The van der Waals surface area contributed by atoms with E-state index in [1.54, 1.807) is 0 Å². The number of benzene rings is 1. The number of ether oxygens (including phenoxy) is 1. The van der Waals surface area contributed by atoms with Crippen LogP contribution in [-0.2, 0) is 11.2 Å². The van der Waals surface area contributed by atoms with E-state index < -0.39 is 5.97 Å². The zero-order valence-corrected chi connectivity index (χ0v) is 13.8. The molecule has 3 rings (SSSR count). The van der Waals surface area contributed by atoms with Crippen LogP contribution < -0.4 is 0 Å². The fraction of sp³-hybridized carbons (Fsp3) is 0.632. The molecule has 1 N–H and O–H groups in total. The topological polar surface area (TPSA) is 46.5 Å². The van der Waals surface area contributed by atoms with Crippen LogP contribution in [0.3, 0.4) is 0 Å². The highest BCUT2D eigenvalue weighted by Crippen LogP contribution is 2.40. The van der Waals surface area contributed by atoms with E-state index in [1.165, 1.54) is 0 Å². The number of halogens is 1. The maximum Gasteiger partial charge on any atom is 0.341 e. The number of esters is 1. The molecule has 0 aromatic heterocycles. The summed E-state index contributed by atoms with van der Waals surface area (Å²) >= 11 is 0. The fourth-order valence-electron chi connectivity index (χ4n) is 4.08. The summed E-state index contributed by atoms with van der Waals surface area (Å²) in [5.41, 5.74) is 1.53. The summed E-state index contributed by atoms with van der Waals surface area (Å²) in [5, 5.41) is 9.98. The summed E-state index contributed by atoms with van der Waals surface area (Å²) in [4.78, 5) is 12.0. The van der Waals surface area contributed by atoms with Gasteiger partial charge in [0.2, 0.25) is 0 Å². The summed E-state index contributed by atoms with van der Waals surface area (Å²) in [6.07, 6.45) is 4.47. The van der Waals surface area contributed by atoms with E-state index >= 15 is 0 Å². The number of aliphatic hydroxyl groups excluding tert-OH is 1. The summed E-state index contributed by atoms with van der Waals surface area (Å²) in [6, 6.07) is 3.73. The standard InChI is InChI=1S/C19H25FO3/c1-3-16(21)13-6-4-12(5-7-13)15-9-8-14-10-11(2)23-19(22)17(14)18(15)20/h8-9,11-13,16,21H,3-7,10H2,1-2H3. The van der Waals surface area contributed by atoms with Gasteiger partial charge in [0.05, 0.1) is 11.7 Å². The number of hydrogen-bond donors (Lipinski definition) is 1. The molecule has 23 heavy (non-hydrogen) atoms. The van der Waals surface area contributed by atoms with Crippen molar-refractivity contribution in [1.29, 1.82) is 0 Å². The third-order valence-corrected chi connectivity index (χ3v) is 5.45. The van der Waals surface area contributed by atoms with Gasteiger partial charge in [0, 0.05) is 6.42 Å². The average Bonchev–Trinajstić information content (AvgIpc) is 2.54. The molecular weight excluding hydrogens is 295 g/mol. The van der Waals surface area contributed by atoms with Crippen molar-refractivity contribution in [2.24, 2.45) is 5.92 Å². The van der Waals surface area contributed by atoms with Gasteiger partial charge in [-0.1, -0.05) is 19.1 Å². The molecule has 0 radical (unpaired) electrons. The Morgan fingerprint density at radius 1 is 1.30 bits per heavy atom. The van der Waals surface area contributed by atoms with Gasteiger partial charge in [-0.05, 0) is 62.0 Å². The average molecular weight is 320 g/mol. The Kier molecular flexibility index (Phi) is 4.72. The van der Waals surface area contributed by atoms with Crippen molar-refractivity contribution in [3.63, 3.8) is 0 Å². The number of carbonyl (C=O) groups is 1. The second-order valence-electron chi connectivity index (χ2n) is 7.01. The molecule has 3 nitrogen and oxygen atoms in total. The molecule has 2 aliphatic rings. The Labute approximate surface area is 136 Å². The van der Waals surface area contributed by atoms with E-state index in [0.717, 1.165) is 37.7 Å². The van der Waals surface area contributed by atoms with Crippen LogP contribution in [0.2, 0.25) is 0 Å². The number of aliphatic hydroxyl groups is 1. The summed E-state index contributed by atoms with van der Waals surface area (Å²) in [7, 11) is 0. The first-order valence-electron chi connectivity index (χ1n) is 8.71. The smallest absolute Gasteiger partial charge is 0.341 e. The van der Waals surface area contributed by atoms with Gasteiger partial charge in [-0.3, -0.25) is 0 Å². The van der Waals surface area contributed by atoms with Gasteiger partial charge in [0.15, 0.2) is 0 Å². The third kappa shape index (κ3) is 3.14. The molecule has 2 unspecified atom stereocenters. The highest BCUT2D eigenvalue weighted by atomic mass is 19.1. The second-order valence-corrected chi connectivity index (χ2v) is 7.01. The van der Waals surface area contributed by atoms with Crippen molar-refractivity contribution in [1.82, 2.24) is 0 Å². The molecular formula is C19H25FO3. The van der Waals surface area contributed by atoms with E-state index in [0.29, 0.717) is 17.9 Å². The predicted molar refractivity (Wildman–Crippen MR) is 86.0 cm³/mol. The molecule has 1 heterocycles. The van der Waals surface area contributed by atoms with Crippen molar-refractivity contribution < 1.29 is 19.0 Å². The number of cyclic esters (lactones) is 1. The van der Waals surface area contributed by atoms with Crippen LogP contribution in [0.15, 0.2) is 12.1 Å². The van der Waals surface area contributed by atoms with E-state index in [2.05, 4.69) is 0 Å². The molecule has 1 aromatic rings.